The number of benzene rings is 1. The van der Waals surface area contributed by atoms with E-state index in [4.69, 9.17) is 4.74 Å². The highest BCUT2D eigenvalue weighted by atomic mass is 16.5. The molecule has 0 unspecified atom stereocenters. The third-order valence-corrected chi connectivity index (χ3v) is 4.56. The van der Waals surface area contributed by atoms with Crippen LogP contribution >= 0.6 is 0 Å². The summed E-state index contributed by atoms with van der Waals surface area (Å²) >= 11 is 0. The first kappa shape index (κ1) is 12.9. The Hall–Kier alpha value is -1.80. The van der Waals surface area contributed by atoms with E-state index in [2.05, 4.69) is 47.4 Å². The Morgan fingerprint density at radius 1 is 1.10 bits per heavy atom. The van der Waals surface area contributed by atoms with Crippen LogP contribution in [0.5, 0.6) is 5.75 Å². The van der Waals surface area contributed by atoms with Crippen LogP contribution in [0.15, 0.2) is 53.8 Å². The topological polar surface area (TPSA) is 12.5 Å². The smallest absolute Gasteiger partial charge is 0.134 e. The molecule has 1 aromatic carbocycles. The van der Waals surface area contributed by atoms with Crippen LogP contribution in [0.1, 0.15) is 31.2 Å². The van der Waals surface area contributed by atoms with E-state index in [9.17, 15) is 0 Å². The van der Waals surface area contributed by atoms with Gasteiger partial charge in [-0.1, -0.05) is 30.4 Å². The fourth-order valence-electron chi connectivity index (χ4n) is 3.44. The first-order valence-electron chi connectivity index (χ1n) is 8.00. The van der Waals surface area contributed by atoms with Gasteiger partial charge in [-0.25, -0.2) is 0 Å². The molecule has 0 spiro atoms. The Bertz CT molecular complexity index is 633. The van der Waals surface area contributed by atoms with Gasteiger partial charge in [0.2, 0.25) is 0 Å². The van der Waals surface area contributed by atoms with Crippen LogP contribution in [0.25, 0.3) is 5.57 Å². The SMILES string of the molecule is C1=CC2=C(C=C(CN3CCCC3)c3ccccc3O2)CC1. The van der Waals surface area contributed by atoms with Crippen molar-refractivity contribution < 1.29 is 4.74 Å². The van der Waals surface area contributed by atoms with Crippen LogP contribution in [0.4, 0.5) is 0 Å². The summed E-state index contributed by atoms with van der Waals surface area (Å²) in [5.41, 5.74) is 4.02. The molecule has 0 atom stereocenters. The maximum Gasteiger partial charge on any atom is 0.134 e. The molecule has 2 aliphatic heterocycles. The molecule has 108 valence electrons. The molecule has 1 saturated heterocycles. The lowest BCUT2D eigenvalue weighted by molar-refractivity contribution is 0.382. The maximum atomic E-state index is 6.18. The lowest BCUT2D eigenvalue weighted by Gasteiger charge is -2.18. The molecule has 2 heterocycles. The molecule has 0 aromatic heterocycles. The number of hydrogen-bond acceptors (Lipinski definition) is 2. The molecule has 21 heavy (non-hydrogen) atoms. The van der Waals surface area contributed by atoms with Crippen LogP contribution in [0.2, 0.25) is 0 Å². The predicted octanol–water partition coefficient (Wildman–Crippen LogP) is 4.16. The zero-order valence-electron chi connectivity index (χ0n) is 12.3. The molecule has 0 N–H and O–H groups in total. The van der Waals surface area contributed by atoms with Crippen molar-refractivity contribution in [3.8, 4) is 5.75 Å². The minimum absolute atomic E-state index is 1.000. The predicted molar refractivity (Wildman–Crippen MR) is 86.1 cm³/mol. The number of ether oxygens (including phenoxy) is 1. The van der Waals surface area contributed by atoms with Gasteiger partial charge in [0.25, 0.3) is 0 Å². The number of allylic oxidation sites excluding steroid dienone is 4. The van der Waals surface area contributed by atoms with E-state index in [0.29, 0.717) is 0 Å². The average Bonchev–Trinajstić information content (AvgIpc) is 2.96. The Labute approximate surface area is 126 Å². The third-order valence-electron chi connectivity index (χ3n) is 4.56. The van der Waals surface area contributed by atoms with E-state index < -0.39 is 0 Å². The van der Waals surface area contributed by atoms with Crippen LogP contribution in [0.3, 0.4) is 0 Å². The van der Waals surface area contributed by atoms with Gasteiger partial charge in [0.1, 0.15) is 11.5 Å². The van der Waals surface area contributed by atoms with Gasteiger partial charge in [-0.2, -0.15) is 0 Å². The van der Waals surface area contributed by atoms with E-state index in [1.807, 2.05) is 0 Å². The second-order valence-electron chi connectivity index (χ2n) is 6.08. The average molecular weight is 279 g/mol. The Morgan fingerprint density at radius 2 is 1.95 bits per heavy atom. The van der Waals surface area contributed by atoms with E-state index >= 15 is 0 Å². The number of fused-ring (bicyclic) bond motifs is 1. The van der Waals surface area contributed by atoms with Gasteiger partial charge in [0.15, 0.2) is 0 Å². The minimum atomic E-state index is 1.000. The van der Waals surface area contributed by atoms with Crippen LogP contribution < -0.4 is 4.74 Å². The Balaban J connectivity index is 1.75. The molecule has 0 bridgehead atoms. The summed E-state index contributed by atoms with van der Waals surface area (Å²) in [5.74, 6) is 2.03. The molecule has 1 aromatic rings. The summed E-state index contributed by atoms with van der Waals surface area (Å²) in [6.07, 6.45) is 11.6. The number of rotatable bonds is 2. The molecule has 0 saturated carbocycles. The van der Waals surface area contributed by atoms with Gasteiger partial charge in [-0.3, -0.25) is 4.90 Å². The first-order valence-corrected chi connectivity index (χ1v) is 8.00. The van der Waals surface area contributed by atoms with Crippen molar-refractivity contribution in [3.63, 3.8) is 0 Å². The zero-order valence-corrected chi connectivity index (χ0v) is 12.3. The lowest BCUT2D eigenvalue weighted by Crippen LogP contribution is -2.21. The van der Waals surface area contributed by atoms with Gasteiger partial charge < -0.3 is 4.74 Å². The van der Waals surface area contributed by atoms with Gasteiger partial charge >= 0.3 is 0 Å². The van der Waals surface area contributed by atoms with Gasteiger partial charge in [-0.05, 0) is 62.1 Å². The summed E-state index contributed by atoms with van der Waals surface area (Å²) in [6.45, 7) is 3.50. The molecule has 4 rings (SSSR count). The van der Waals surface area contributed by atoms with Crippen LogP contribution in [0, 0.1) is 0 Å². The standard InChI is InChI=1S/C19H21NO/c1-3-9-18-15(7-1)13-16(14-20-11-5-6-12-20)17-8-2-4-10-19(17)21-18/h2-4,8-10,13H,1,5-7,11-12,14H2. The molecule has 2 heteroatoms. The van der Waals surface area contributed by atoms with Crippen molar-refractivity contribution in [1.82, 2.24) is 4.90 Å². The van der Waals surface area contributed by atoms with E-state index in [0.717, 1.165) is 30.9 Å². The molecule has 3 aliphatic rings. The summed E-state index contributed by atoms with van der Waals surface area (Å²) in [6, 6.07) is 8.45. The number of para-hydroxylation sites is 1. The third kappa shape index (κ3) is 2.56. The van der Waals surface area contributed by atoms with Crippen molar-refractivity contribution >= 4 is 5.57 Å². The van der Waals surface area contributed by atoms with Crippen molar-refractivity contribution in [2.45, 2.75) is 25.7 Å². The number of likely N-dealkylation sites (tertiary alicyclic amines) is 1. The summed E-state index contributed by atoms with van der Waals surface area (Å²) in [7, 11) is 0. The molecule has 1 fully saturated rings. The second kappa shape index (κ2) is 5.53. The fraction of sp³-hybridized carbons (Fsp3) is 0.368. The van der Waals surface area contributed by atoms with Crippen molar-refractivity contribution in [3.05, 3.63) is 59.4 Å². The Morgan fingerprint density at radius 3 is 2.86 bits per heavy atom. The summed E-state index contributed by atoms with van der Waals surface area (Å²) < 4.78 is 6.18. The number of hydrogen-bond donors (Lipinski definition) is 0. The molecule has 0 amide bonds. The highest BCUT2D eigenvalue weighted by molar-refractivity contribution is 5.75. The highest BCUT2D eigenvalue weighted by Crippen LogP contribution is 2.36. The van der Waals surface area contributed by atoms with E-state index in [1.165, 1.54) is 42.6 Å². The summed E-state index contributed by atoms with van der Waals surface area (Å²) in [4.78, 5) is 2.56. The largest absolute Gasteiger partial charge is 0.456 e. The summed E-state index contributed by atoms with van der Waals surface area (Å²) in [5, 5.41) is 0. The Kier molecular flexibility index (Phi) is 3.40. The molecule has 0 radical (unpaired) electrons. The van der Waals surface area contributed by atoms with Crippen molar-refractivity contribution in [2.75, 3.05) is 19.6 Å². The molecule has 2 nitrogen and oxygen atoms in total. The lowest BCUT2D eigenvalue weighted by atomic mass is 9.98. The zero-order chi connectivity index (χ0) is 14.1. The first-order chi connectivity index (χ1) is 10.4. The second-order valence-corrected chi connectivity index (χ2v) is 6.08. The highest BCUT2D eigenvalue weighted by Gasteiger charge is 2.21. The molecule has 1 aliphatic carbocycles. The van der Waals surface area contributed by atoms with Crippen LogP contribution in [-0.2, 0) is 0 Å². The molecular formula is C19H21NO. The van der Waals surface area contributed by atoms with E-state index in [-0.39, 0.29) is 0 Å². The van der Waals surface area contributed by atoms with Crippen molar-refractivity contribution in [2.24, 2.45) is 0 Å². The molecular weight excluding hydrogens is 258 g/mol. The minimum Gasteiger partial charge on any atom is -0.456 e. The normalized spacial score (nSPS) is 21.4. The van der Waals surface area contributed by atoms with E-state index in [1.54, 1.807) is 0 Å². The van der Waals surface area contributed by atoms with Crippen molar-refractivity contribution in [1.29, 1.82) is 0 Å². The van der Waals surface area contributed by atoms with Gasteiger partial charge in [0, 0.05) is 12.1 Å². The maximum absolute atomic E-state index is 6.18. The van der Waals surface area contributed by atoms with Gasteiger partial charge in [0.05, 0.1) is 0 Å². The van der Waals surface area contributed by atoms with Crippen LogP contribution in [-0.4, -0.2) is 24.5 Å². The quantitative estimate of drug-likeness (QED) is 0.806. The monoisotopic (exact) mass is 279 g/mol. The fourth-order valence-corrected chi connectivity index (χ4v) is 3.44. The number of nitrogens with zero attached hydrogens (tertiary/aromatic N) is 1. The van der Waals surface area contributed by atoms with Gasteiger partial charge in [-0.15, -0.1) is 0 Å².